The normalized spacial score (nSPS) is 15.2. The van der Waals surface area contributed by atoms with Crippen LogP contribution < -0.4 is 5.32 Å². The van der Waals surface area contributed by atoms with Gasteiger partial charge in [0, 0.05) is 26.1 Å². The predicted octanol–water partition coefficient (Wildman–Crippen LogP) is 3.49. The van der Waals surface area contributed by atoms with Crippen LogP contribution >= 0.6 is 0 Å². The van der Waals surface area contributed by atoms with Crippen molar-refractivity contribution in [2.24, 2.45) is 5.92 Å². The van der Waals surface area contributed by atoms with Gasteiger partial charge in [-0.1, -0.05) is 31.4 Å². The molecule has 0 unspecified atom stereocenters. The van der Waals surface area contributed by atoms with Gasteiger partial charge in [0.25, 0.3) is 5.91 Å². The van der Waals surface area contributed by atoms with Crippen LogP contribution in [0, 0.1) is 5.92 Å². The third kappa shape index (κ3) is 4.48. The molecule has 0 spiro atoms. The Balaban J connectivity index is 1.96. The maximum Gasteiger partial charge on any atom is 0.269 e. The molecule has 2 aromatic rings. The fraction of sp³-hybridized carbons (Fsp3) is 0.500. The highest BCUT2D eigenvalue weighted by Gasteiger charge is 2.26. The van der Waals surface area contributed by atoms with Crippen LogP contribution in [0.25, 0.3) is 11.3 Å². The summed E-state index contributed by atoms with van der Waals surface area (Å²) < 4.78 is 27.3. The molecule has 7 nitrogen and oxygen atoms in total. The van der Waals surface area contributed by atoms with Crippen molar-refractivity contribution in [2.75, 3.05) is 12.8 Å². The van der Waals surface area contributed by atoms with Crippen LogP contribution in [0.3, 0.4) is 0 Å². The van der Waals surface area contributed by atoms with Crippen LogP contribution in [0.4, 0.5) is 0 Å². The number of carbonyl (C=O) groups is 2. The quantitative estimate of drug-likeness (QED) is 0.677. The molecule has 1 fully saturated rings. The smallest absolute Gasteiger partial charge is 0.269 e. The Hall–Kier alpha value is -2.48. The third-order valence-corrected chi connectivity index (χ3v) is 7.61. The van der Waals surface area contributed by atoms with Gasteiger partial charge in [0.1, 0.15) is 11.4 Å². The van der Waals surface area contributed by atoms with Crippen LogP contribution in [0.1, 0.15) is 67.1 Å². The minimum Gasteiger partial charge on any atom is -0.354 e. The first kappa shape index (κ1) is 22.2. The second-order valence-electron chi connectivity index (χ2n) is 7.82. The highest BCUT2D eigenvalue weighted by Crippen LogP contribution is 2.29. The minimum absolute atomic E-state index is 0.175. The van der Waals surface area contributed by atoms with Gasteiger partial charge in [-0.15, -0.1) is 0 Å². The summed E-state index contributed by atoms with van der Waals surface area (Å²) in [5, 5.41) is 2.59. The Bertz CT molecular complexity index is 1030. The van der Waals surface area contributed by atoms with Gasteiger partial charge in [0.2, 0.25) is 0 Å². The highest BCUT2D eigenvalue weighted by molar-refractivity contribution is 7.91. The van der Waals surface area contributed by atoms with E-state index in [1.54, 1.807) is 28.8 Å². The number of hydrogen-bond acceptors (Lipinski definition) is 5. The lowest BCUT2D eigenvalue weighted by Gasteiger charge is -2.21. The fourth-order valence-electron chi connectivity index (χ4n) is 4.16. The SMILES string of the molecule is CCn1c(C(C)=O)nc(-c2ccc(S(=O)(=O)CC3CCCCC3)cc2)c1C(=O)NC. The Morgan fingerprint density at radius 2 is 1.77 bits per heavy atom. The number of sulfone groups is 1. The Morgan fingerprint density at radius 1 is 1.13 bits per heavy atom. The first-order valence-electron chi connectivity index (χ1n) is 10.4. The summed E-state index contributed by atoms with van der Waals surface area (Å²) in [4.78, 5) is 29.2. The van der Waals surface area contributed by atoms with Crippen molar-refractivity contribution < 1.29 is 18.0 Å². The predicted molar refractivity (Wildman–Crippen MR) is 115 cm³/mol. The lowest BCUT2D eigenvalue weighted by molar-refractivity contribution is 0.0954. The second-order valence-corrected chi connectivity index (χ2v) is 9.86. The van der Waals surface area contributed by atoms with E-state index in [-0.39, 0.29) is 34.1 Å². The summed E-state index contributed by atoms with van der Waals surface area (Å²) in [5.74, 6) is 0.0249. The van der Waals surface area contributed by atoms with E-state index in [4.69, 9.17) is 0 Å². The maximum absolute atomic E-state index is 12.8. The molecule has 30 heavy (non-hydrogen) atoms. The molecule has 1 aliphatic rings. The molecule has 162 valence electrons. The van der Waals surface area contributed by atoms with Gasteiger partial charge in [-0.05, 0) is 37.8 Å². The van der Waals surface area contributed by atoms with Gasteiger partial charge in [-0.25, -0.2) is 13.4 Å². The molecule has 3 rings (SSSR count). The molecular formula is C22H29N3O4S. The Kier molecular flexibility index (Phi) is 6.75. The summed E-state index contributed by atoms with van der Waals surface area (Å²) in [5.41, 5.74) is 1.26. The number of nitrogens with one attached hydrogen (secondary N) is 1. The van der Waals surface area contributed by atoms with E-state index < -0.39 is 9.84 Å². The topological polar surface area (TPSA) is 98.1 Å². The monoisotopic (exact) mass is 431 g/mol. The van der Waals surface area contributed by atoms with Gasteiger partial charge in [0.15, 0.2) is 21.4 Å². The molecule has 1 saturated carbocycles. The van der Waals surface area contributed by atoms with Gasteiger partial charge in [-0.2, -0.15) is 0 Å². The lowest BCUT2D eigenvalue weighted by Crippen LogP contribution is -2.23. The van der Waals surface area contributed by atoms with Crippen LogP contribution in [-0.4, -0.2) is 42.5 Å². The largest absolute Gasteiger partial charge is 0.354 e. The van der Waals surface area contributed by atoms with Gasteiger partial charge in [0.05, 0.1) is 10.6 Å². The van der Waals surface area contributed by atoms with Crippen molar-refractivity contribution >= 4 is 21.5 Å². The van der Waals surface area contributed by atoms with E-state index in [0.29, 0.717) is 23.5 Å². The van der Waals surface area contributed by atoms with E-state index in [1.165, 1.54) is 20.4 Å². The number of hydrogen-bond donors (Lipinski definition) is 1. The second kappa shape index (κ2) is 9.12. The summed E-state index contributed by atoms with van der Waals surface area (Å²) in [6.07, 6.45) is 5.32. The number of rotatable bonds is 7. The molecule has 1 aliphatic carbocycles. The van der Waals surface area contributed by atoms with Gasteiger partial charge >= 0.3 is 0 Å². The average Bonchev–Trinajstić information content (AvgIpc) is 3.13. The highest BCUT2D eigenvalue weighted by atomic mass is 32.2. The number of Topliss-reactive ketones (excluding diaryl/α,β-unsaturated/α-hetero) is 1. The van der Waals surface area contributed by atoms with Crippen LogP contribution in [-0.2, 0) is 16.4 Å². The van der Waals surface area contributed by atoms with Crippen molar-refractivity contribution in [2.45, 2.75) is 57.4 Å². The van der Waals surface area contributed by atoms with E-state index in [9.17, 15) is 18.0 Å². The molecule has 8 heteroatoms. The van der Waals surface area contributed by atoms with E-state index in [1.807, 2.05) is 6.92 Å². The number of aromatic nitrogens is 2. The number of benzene rings is 1. The number of nitrogens with zero attached hydrogens (tertiary/aromatic N) is 2. The standard InChI is InChI=1S/C22H29N3O4S/c1-4-25-20(22(27)23-3)19(24-21(25)15(2)26)17-10-12-18(13-11-17)30(28,29)14-16-8-6-5-7-9-16/h10-13,16H,4-9,14H2,1-3H3,(H,23,27). The molecule has 0 radical (unpaired) electrons. The molecular weight excluding hydrogens is 402 g/mol. The Morgan fingerprint density at radius 3 is 2.30 bits per heavy atom. The molecule has 1 aromatic carbocycles. The molecule has 0 bridgehead atoms. The summed E-state index contributed by atoms with van der Waals surface area (Å²) >= 11 is 0. The number of ketones is 1. The van der Waals surface area contributed by atoms with Crippen molar-refractivity contribution in [3.8, 4) is 11.3 Å². The summed E-state index contributed by atoms with van der Waals surface area (Å²) in [6, 6.07) is 6.46. The minimum atomic E-state index is -3.37. The van der Waals surface area contributed by atoms with E-state index in [2.05, 4.69) is 10.3 Å². The van der Waals surface area contributed by atoms with Crippen molar-refractivity contribution in [1.82, 2.24) is 14.9 Å². The Labute approximate surface area is 177 Å². The molecule has 0 atom stereocenters. The number of imidazole rings is 1. The zero-order valence-corrected chi connectivity index (χ0v) is 18.6. The van der Waals surface area contributed by atoms with Gasteiger partial charge < -0.3 is 9.88 Å². The zero-order valence-electron chi connectivity index (χ0n) is 17.8. The van der Waals surface area contributed by atoms with E-state index >= 15 is 0 Å². The number of amides is 1. The lowest BCUT2D eigenvalue weighted by atomic mass is 9.91. The molecule has 1 aromatic heterocycles. The maximum atomic E-state index is 12.8. The average molecular weight is 432 g/mol. The zero-order chi connectivity index (χ0) is 21.9. The molecule has 0 aliphatic heterocycles. The molecule has 1 heterocycles. The summed E-state index contributed by atoms with van der Waals surface area (Å²) in [7, 11) is -1.85. The van der Waals surface area contributed by atoms with Crippen molar-refractivity contribution in [3.05, 3.63) is 35.8 Å². The van der Waals surface area contributed by atoms with Crippen LogP contribution in [0.5, 0.6) is 0 Å². The van der Waals surface area contributed by atoms with Gasteiger partial charge in [-0.3, -0.25) is 9.59 Å². The van der Waals surface area contributed by atoms with Crippen molar-refractivity contribution in [1.29, 1.82) is 0 Å². The molecule has 1 N–H and O–H groups in total. The first-order valence-corrected chi connectivity index (χ1v) is 12.1. The van der Waals surface area contributed by atoms with Crippen molar-refractivity contribution in [3.63, 3.8) is 0 Å². The fourth-order valence-corrected chi connectivity index (χ4v) is 5.86. The summed E-state index contributed by atoms with van der Waals surface area (Å²) in [6.45, 7) is 3.66. The number of carbonyl (C=O) groups excluding carboxylic acids is 2. The van der Waals surface area contributed by atoms with Crippen LogP contribution in [0.15, 0.2) is 29.2 Å². The van der Waals surface area contributed by atoms with E-state index in [0.717, 1.165) is 25.7 Å². The molecule has 1 amide bonds. The van der Waals surface area contributed by atoms with Crippen LogP contribution in [0.2, 0.25) is 0 Å². The molecule has 0 saturated heterocycles. The third-order valence-electron chi connectivity index (χ3n) is 5.71. The first-order chi connectivity index (χ1) is 14.3.